The Morgan fingerprint density at radius 2 is 1.69 bits per heavy atom. The van der Waals surface area contributed by atoms with Crippen LogP contribution in [0.1, 0.15) is 18.9 Å². The molecule has 0 aromatic heterocycles. The third kappa shape index (κ3) is 3.86. The van der Waals surface area contributed by atoms with Gasteiger partial charge in [0.25, 0.3) is 0 Å². The normalized spacial score (nSPS) is 10.8. The zero-order chi connectivity index (χ0) is 12.0. The van der Waals surface area contributed by atoms with Gasteiger partial charge in [0.05, 0.1) is 0 Å². The molecule has 0 aliphatic carbocycles. The molecule has 1 rings (SSSR count). The maximum Gasteiger partial charge on any atom is 0.0396 e. The van der Waals surface area contributed by atoms with Crippen LogP contribution >= 0.6 is 0 Å². The molecular weight excluding hydrogens is 196 g/mol. The predicted octanol–water partition coefficient (Wildman–Crippen LogP) is 2.77. The first-order valence-electron chi connectivity index (χ1n) is 6.10. The molecule has 0 atom stereocenters. The minimum atomic E-state index is 1.10. The molecule has 0 radical (unpaired) electrons. The van der Waals surface area contributed by atoms with Crippen LogP contribution in [0.2, 0.25) is 0 Å². The molecule has 0 saturated carbocycles. The summed E-state index contributed by atoms with van der Waals surface area (Å²) in [6, 6.07) is 8.64. The number of anilines is 1. The fraction of sp³-hybridized carbons (Fsp3) is 0.571. The van der Waals surface area contributed by atoms with Crippen molar-refractivity contribution in [1.82, 2.24) is 4.90 Å². The van der Waals surface area contributed by atoms with Gasteiger partial charge in [-0.2, -0.15) is 0 Å². The lowest BCUT2D eigenvalue weighted by Crippen LogP contribution is -2.32. The van der Waals surface area contributed by atoms with Gasteiger partial charge in [0.15, 0.2) is 0 Å². The second-order valence-electron chi connectivity index (χ2n) is 4.58. The first kappa shape index (κ1) is 13.0. The molecular formula is C14H24N2. The minimum absolute atomic E-state index is 1.10. The number of benzene rings is 1. The van der Waals surface area contributed by atoms with Crippen molar-refractivity contribution in [3.8, 4) is 0 Å². The van der Waals surface area contributed by atoms with Gasteiger partial charge in [-0.25, -0.2) is 0 Å². The van der Waals surface area contributed by atoms with Gasteiger partial charge in [-0.3, -0.25) is 0 Å². The molecule has 0 unspecified atom stereocenters. The smallest absolute Gasteiger partial charge is 0.0396 e. The van der Waals surface area contributed by atoms with E-state index in [0.29, 0.717) is 0 Å². The standard InChI is InChI=1S/C14H24N2/c1-5-10-16(12-11-15(3)4)14-9-7-6-8-13(14)2/h6-9H,5,10-12H2,1-4H3. The van der Waals surface area contributed by atoms with Crippen LogP contribution in [0.5, 0.6) is 0 Å². The Kier molecular flexibility index (Phi) is 5.33. The molecule has 0 fully saturated rings. The molecule has 0 spiro atoms. The fourth-order valence-electron chi connectivity index (χ4n) is 1.86. The van der Waals surface area contributed by atoms with Gasteiger partial charge in [-0.1, -0.05) is 25.1 Å². The molecule has 0 heterocycles. The highest BCUT2D eigenvalue weighted by atomic mass is 15.2. The zero-order valence-corrected chi connectivity index (χ0v) is 11.0. The first-order valence-corrected chi connectivity index (χ1v) is 6.10. The highest BCUT2D eigenvalue weighted by Gasteiger charge is 2.07. The lowest BCUT2D eigenvalue weighted by Gasteiger charge is -2.27. The van der Waals surface area contributed by atoms with Crippen LogP contribution < -0.4 is 4.90 Å². The molecule has 0 saturated heterocycles. The maximum absolute atomic E-state index is 2.48. The molecule has 0 aliphatic heterocycles. The summed E-state index contributed by atoms with van der Waals surface area (Å²) in [5.41, 5.74) is 2.75. The topological polar surface area (TPSA) is 6.48 Å². The SMILES string of the molecule is CCCN(CCN(C)C)c1ccccc1C. The summed E-state index contributed by atoms with van der Waals surface area (Å²) in [4.78, 5) is 4.72. The van der Waals surface area contributed by atoms with Crippen molar-refractivity contribution < 1.29 is 0 Å². The third-order valence-electron chi connectivity index (χ3n) is 2.77. The van der Waals surface area contributed by atoms with E-state index in [9.17, 15) is 0 Å². The van der Waals surface area contributed by atoms with Crippen molar-refractivity contribution in [2.45, 2.75) is 20.3 Å². The lowest BCUT2D eigenvalue weighted by molar-refractivity contribution is 0.413. The van der Waals surface area contributed by atoms with Crippen LogP contribution in [0.25, 0.3) is 0 Å². The lowest BCUT2D eigenvalue weighted by atomic mass is 10.1. The first-order chi connectivity index (χ1) is 7.65. The summed E-state index contributed by atoms with van der Waals surface area (Å²) < 4.78 is 0. The average Bonchev–Trinajstić information content (AvgIpc) is 2.25. The summed E-state index contributed by atoms with van der Waals surface area (Å²) >= 11 is 0. The van der Waals surface area contributed by atoms with Crippen molar-refractivity contribution in [2.24, 2.45) is 0 Å². The number of hydrogen-bond donors (Lipinski definition) is 0. The van der Waals surface area contributed by atoms with Crippen molar-refractivity contribution >= 4 is 5.69 Å². The van der Waals surface area contributed by atoms with Crippen molar-refractivity contribution in [1.29, 1.82) is 0 Å². The molecule has 0 amide bonds. The number of hydrogen-bond acceptors (Lipinski definition) is 2. The second kappa shape index (κ2) is 6.54. The Hall–Kier alpha value is -1.02. The summed E-state index contributed by atoms with van der Waals surface area (Å²) in [6.45, 7) is 7.77. The Balaban J connectivity index is 2.73. The number of aryl methyl sites for hydroxylation is 1. The van der Waals surface area contributed by atoms with Crippen LogP contribution in [-0.4, -0.2) is 38.6 Å². The van der Waals surface area contributed by atoms with Gasteiger partial charge < -0.3 is 9.80 Å². The van der Waals surface area contributed by atoms with Gasteiger partial charge >= 0.3 is 0 Å². The molecule has 90 valence electrons. The quantitative estimate of drug-likeness (QED) is 0.727. The van der Waals surface area contributed by atoms with Crippen LogP contribution in [0.3, 0.4) is 0 Å². The van der Waals surface area contributed by atoms with E-state index in [4.69, 9.17) is 0 Å². The summed E-state index contributed by atoms with van der Waals surface area (Å²) in [5.74, 6) is 0. The van der Waals surface area contributed by atoms with E-state index in [0.717, 1.165) is 19.6 Å². The highest BCUT2D eigenvalue weighted by Crippen LogP contribution is 2.19. The second-order valence-corrected chi connectivity index (χ2v) is 4.58. The molecule has 1 aromatic carbocycles. The molecule has 1 aromatic rings. The highest BCUT2D eigenvalue weighted by molar-refractivity contribution is 5.52. The monoisotopic (exact) mass is 220 g/mol. The Labute approximate surface area is 99.9 Å². The van der Waals surface area contributed by atoms with Crippen molar-refractivity contribution in [3.05, 3.63) is 29.8 Å². The van der Waals surface area contributed by atoms with Gasteiger partial charge in [-0.15, -0.1) is 0 Å². The van der Waals surface area contributed by atoms with Crippen LogP contribution in [0.15, 0.2) is 24.3 Å². The Morgan fingerprint density at radius 3 is 2.25 bits per heavy atom. The zero-order valence-electron chi connectivity index (χ0n) is 11.0. The van der Waals surface area contributed by atoms with E-state index < -0.39 is 0 Å². The molecule has 0 N–H and O–H groups in total. The van der Waals surface area contributed by atoms with Gasteiger partial charge in [0.2, 0.25) is 0 Å². The van der Waals surface area contributed by atoms with Gasteiger partial charge in [0.1, 0.15) is 0 Å². The van der Waals surface area contributed by atoms with Crippen LogP contribution in [-0.2, 0) is 0 Å². The fourth-order valence-corrected chi connectivity index (χ4v) is 1.86. The Bertz CT molecular complexity index is 307. The van der Waals surface area contributed by atoms with E-state index >= 15 is 0 Å². The number of likely N-dealkylation sites (N-methyl/N-ethyl adjacent to an activating group) is 1. The predicted molar refractivity (Wildman–Crippen MR) is 72.2 cm³/mol. The summed E-state index contributed by atoms with van der Waals surface area (Å²) in [6.07, 6.45) is 1.20. The maximum atomic E-state index is 2.48. The molecule has 0 bridgehead atoms. The van der Waals surface area contributed by atoms with Crippen molar-refractivity contribution in [2.75, 3.05) is 38.6 Å². The molecule has 2 heteroatoms. The third-order valence-corrected chi connectivity index (χ3v) is 2.77. The number of para-hydroxylation sites is 1. The van der Waals surface area contributed by atoms with Crippen LogP contribution in [0, 0.1) is 6.92 Å². The van der Waals surface area contributed by atoms with Gasteiger partial charge in [-0.05, 0) is 39.1 Å². The van der Waals surface area contributed by atoms with E-state index in [-0.39, 0.29) is 0 Å². The summed E-state index contributed by atoms with van der Waals surface area (Å²) in [7, 11) is 4.25. The average molecular weight is 220 g/mol. The van der Waals surface area contributed by atoms with E-state index in [2.05, 4.69) is 62.0 Å². The van der Waals surface area contributed by atoms with Gasteiger partial charge in [0, 0.05) is 25.3 Å². The summed E-state index contributed by atoms with van der Waals surface area (Å²) in [5, 5.41) is 0. The van der Waals surface area contributed by atoms with Crippen molar-refractivity contribution in [3.63, 3.8) is 0 Å². The van der Waals surface area contributed by atoms with E-state index in [1.807, 2.05) is 0 Å². The Morgan fingerprint density at radius 1 is 1.00 bits per heavy atom. The number of nitrogens with zero attached hydrogens (tertiary/aromatic N) is 2. The molecule has 16 heavy (non-hydrogen) atoms. The number of rotatable bonds is 6. The van der Waals surface area contributed by atoms with Crippen LogP contribution in [0.4, 0.5) is 5.69 Å². The largest absolute Gasteiger partial charge is 0.370 e. The van der Waals surface area contributed by atoms with E-state index in [1.165, 1.54) is 17.7 Å². The minimum Gasteiger partial charge on any atom is -0.370 e. The van der Waals surface area contributed by atoms with E-state index in [1.54, 1.807) is 0 Å². The molecule has 0 aliphatic rings. The molecule has 2 nitrogen and oxygen atoms in total.